The van der Waals surface area contributed by atoms with Gasteiger partial charge in [-0.2, -0.15) is 0 Å². The van der Waals surface area contributed by atoms with Gasteiger partial charge in [0.05, 0.1) is 18.5 Å². The van der Waals surface area contributed by atoms with Gasteiger partial charge in [-0.1, -0.05) is 36.4 Å². The van der Waals surface area contributed by atoms with Crippen LogP contribution in [0, 0.1) is 13.8 Å². The molecule has 3 aromatic rings. The number of para-hydroxylation sites is 1. The first kappa shape index (κ1) is 22.1. The topological polar surface area (TPSA) is 57.7 Å². The van der Waals surface area contributed by atoms with Gasteiger partial charge < -0.3 is 4.90 Å². The van der Waals surface area contributed by atoms with Crippen molar-refractivity contribution < 1.29 is 13.2 Å². The van der Waals surface area contributed by atoms with Crippen LogP contribution in [0.25, 0.3) is 0 Å². The molecule has 1 amide bonds. The number of amides is 1. The monoisotopic (exact) mass is 448 g/mol. The summed E-state index contributed by atoms with van der Waals surface area (Å²) in [5.74, 6) is -0.0296. The normalized spacial score (nSPS) is 13.5. The minimum Gasteiger partial charge on any atom is -0.308 e. The van der Waals surface area contributed by atoms with Crippen molar-refractivity contribution in [3.05, 3.63) is 94.5 Å². The lowest BCUT2D eigenvalue weighted by molar-refractivity contribution is 0.0985. The number of sulfonamides is 1. The summed E-state index contributed by atoms with van der Waals surface area (Å²) in [5, 5.41) is 0. The van der Waals surface area contributed by atoms with E-state index in [9.17, 15) is 13.2 Å². The Kier molecular flexibility index (Phi) is 6.07. The molecule has 3 aromatic carbocycles. The third-order valence-corrected chi connectivity index (χ3v) is 6.92. The van der Waals surface area contributed by atoms with Crippen molar-refractivity contribution in [1.82, 2.24) is 0 Å². The number of carbonyl (C=O) groups is 1. The van der Waals surface area contributed by atoms with E-state index in [-0.39, 0.29) is 12.5 Å². The fourth-order valence-corrected chi connectivity index (χ4v) is 5.19. The number of aryl methyl sites for hydroxylation is 3. The van der Waals surface area contributed by atoms with Crippen molar-refractivity contribution in [2.24, 2.45) is 0 Å². The maximum atomic E-state index is 13.2. The summed E-state index contributed by atoms with van der Waals surface area (Å²) in [7, 11) is -3.47. The van der Waals surface area contributed by atoms with Crippen LogP contribution in [0.5, 0.6) is 0 Å². The van der Waals surface area contributed by atoms with Crippen LogP contribution in [0.4, 0.5) is 11.4 Å². The molecule has 4 rings (SSSR count). The lowest BCUT2D eigenvalue weighted by Crippen LogP contribution is -2.35. The fourth-order valence-electron chi connectivity index (χ4n) is 4.31. The van der Waals surface area contributed by atoms with Gasteiger partial charge in [-0.15, -0.1) is 0 Å². The van der Waals surface area contributed by atoms with Gasteiger partial charge >= 0.3 is 0 Å². The second-order valence-electron chi connectivity index (χ2n) is 8.50. The first-order chi connectivity index (χ1) is 15.2. The van der Waals surface area contributed by atoms with Crippen molar-refractivity contribution in [3.63, 3.8) is 0 Å². The largest absolute Gasteiger partial charge is 0.308 e. The Hall–Kier alpha value is -3.12. The number of hydrogen-bond donors (Lipinski definition) is 0. The number of rotatable bonds is 5. The van der Waals surface area contributed by atoms with Gasteiger partial charge in [0.25, 0.3) is 5.91 Å². The van der Waals surface area contributed by atoms with E-state index in [0.717, 1.165) is 35.2 Å². The molecule has 0 aromatic heterocycles. The van der Waals surface area contributed by atoms with E-state index < -0.39 is 10.0 Å². The van der Waals surface area contributed by atoms with Crippen LogP contribution in [0.3, 0.4) is 0 Å². The maximum absolute atomic E-state index is 13.2. The summed E-state index contributed by atoms with van der Waals surface area (Å²) < 4.78 is 26.5. The number of benzene rings is 3. The summed E-state index contributed by atoms with van der Waals surface area (Å²) in [4.78, 5) is 15.0. The summed E-state index contributed by atoms with van der Waals surface area (Å²) in [6, 6.07) is 21.1. The molecule has 5 nitrogen and oxygen atoms in total. The molecule has 166 valence electrons. The molecule has 1 aliphatic heterocycles. The molecule has 1 heterocycles. The second-order valence-corrected chi connectivity index (χ2v) is 10.4. The zero-order valence-corrected chi connectivity index (χ0v) is 19.5. The molecule has 1 aliphatic rings. The lowest BCUT2D eigenvalue weighted by Gasteiger charge is -2.29. The smallest absolute Gasteiger partial charge is 0.258 e. The van der Waals surface area contributed by atoms with Gasteiger partial charge in [0.1, 0.15) is 0 Å². The molecule has 0 saturated heterocycles. The maximum Gasteiger partial charge on any atom is 0.258 e. The first-order valence-corrected chi connectivity index (χ1v) is 12.6. The molecule has 0 spiro atoms. The van der Waals surface area contributed by atoms with E-state index in [1.165, 1.54) is 16.1 Å². The van der Waals surface area contributed by atoms with Gasteiger partial charge in [0, 0.05) is 17.8 Å². The molecule has 0 N–H and O–H groups in total. The molecule has 0 fully saturated rings. The molecule has 0 aliphatic carbocycles. The van der Waals surface area contributed by atoms with Crippen LogP contribution in [-0.2, 0) is 23.0 Å². The minimum absolute atomic E-state index is 0.0296. The standard InChI is InChI=1S/C26H28N2O3S/c1-19-15-20(2)17-24(16-19)28(32(3,30)31)18-21-10-12-23(13-11-21)26(29)27-14-6-8-22-7-4-5-9-25(22)27/h4-5,7,9-13,15-17H,6,8,14,18H2,1-3H3. The Morgan fingerprint density at radius 3 is 2.28 bits per heavy atom. The lowest BCUT2D eigenvalue weighted by atomic mass is 10.0. The molecule has 0 atom stereocenters. The van der Waals surface area contributed by atoms with Crippen LogP contribution in [-0.4, -0.2) is 27.1 Å². The molecular formula is C26H28N2O3S. The van der Waals surface area contributed by atoms with Crippen molar-refractivity contribution in [2.45, 2.75) is 33.2 Å². The Balaban J connectivity index is 1.57. The number of carbonyl (C=O) groups excluding carboxylic acids is 1. The van der Waals surface area contributed by atoms with Gasteiger partial charge in [-0.3, -0.25) is 9.10 Å². The quantitative estimate of drug-likeness (QED) is 0.560. The second kappa shape index (κ2) is 8.79. The van der Waals surface area contributed by atoms with E-state index in [2.05, 4.69) is 6.07 Å². The van der Waals surface area contributed by atoms with Crippen LogP contribution in [0.1, 0.15) is 39.0 Å². The molecule has 0 unspecified atom stereocenters. The first-order valence-electron chi connectivity index (χ1n) is 10.8. The number of fused-ring (bicyclic) bond motifs is 1. The molecular weight excluding hydrogens is 420 g/mol. The highest BCUT2D eigenvalue weighted by molar-refractivity contribution is 7.92. The van der Waals surface area contributed by atoms with E-state index in [4.69, 9.17) is 0 Å². The molecule has 0 bridgehead atoms. The molecule has 0 radical (unpaired) electrons. The molecule has 32 heavy (non-hydrogen) atoms. The van der Waals surface area contributed by atoms with Crippen LogP contribution >= 0.6 is 0 Å². The third-order valence-electron chi connectivity index (χ3n) is 5.78. The third kappa shape index (κ3) is 4.70. The molecule has 6 heteroatoms. The summed E-state index contributed by atoms with van der Waals surface area (Å²) in [5.41, 5.74) is 6.27. The zero-order chi connectivity index (χ0) is 22.9. The van der Waals surface area contributed by atoms with Gasteiger partial charge in [-0.25, -0.2) is 8.42 Å². The Morgan fingerprint density at radius 1 is 0.969 bits per heavy atom. The van der Waals surface area contributed by atoms with Crippen molar-refractivity contribution in [3.8, 4) is 0 Å². The van der Waals surface area contributed by atoms with E-state index in [0.29, 0.717) is 17.8 Å². The summed E-state index contributed by atoms with van der Waals surface area (Å²) in [6.07, 6.45) is 3.15. The van der Waals surface area contributed by atoms with Gasteiger partial charge in [0.2, 0.25) is 10.0 Å². The number of nitrogens with zero attached hydrogens (tertiary/aromatic N) is 2. The van der Waals surface area contributed by atoms with Gasteiger partial charge in [0.15, 0.2) is 0 Å². The van der Waals surface area contributed by atoms with Crippen molar-refractivity contribution >= 4 is 27.3 Å². The highest BCUT2D eigenvalue weighted by Gasteiger charge is 2.24. The predicted octanol–water partition coefficient (Wildman–Crippen LogP) is 4.86. The van der Waals surface area contributed by atoms with Gasteiger partial charge in [-0.05, 0) is 79.3 Å². The van der Waals surface area contributed by atoms with E-state index in [1.54, 1.807) is 12.1 Å². The van der Waals surface area contributed by atoms with Crippen molar-refractivity contribution in [2.75, 3.05) is 22.0 Å². The Bertz CT molecular complexity index is 1230. The highest BCUT2D eigenvalue weighted by Crippen LogP contribution is 2.28. The van der Waals surface area contributed by atoms with Crippen LogP contribution in [0.2, 0.25) is 0 Å². The Morgan fingerprint density at radius 2 is 1.62 bits per heavy atom. The minimum atomic E-state index is -3.47. The molecule has 0 saturated carbocycles. The van der Waals surface area contributed by atoms with E-state index >= 15 is 0 Å². The number of anilines is 2. The average molecular weight is 449 g/mol. The SMILES string of the molecule is Cc1cc(C)cc(N(Cc2ccc(C(=O)N3CCCc4ccccc43)cc2)S(C)(=O)=O)c1. The van der Waals surface area contributed by atoms with Crippen LogP contribution in [0.15, 0.2) is 66.7 Å². The summed E-state index contributed by atoms with van der Waals surface area (Å²) >= 11 is 0. The fraction of sp³-hybridized carbons (Fsp3) is 0.269. The zero-order valence-electron chi connectivity index (χ0n) is 18.7. The number of hydrogen-bond acceptors (Lipinski definition) is 3. The Labute approximate surface area is 190 Å². The predicted molar refractivity (Wildman–Crippen MR) is 130 cm³/mol. The van der Waals surface area contributed by atoms with E-state index in [1.807, 2.05) is 67.3 Å². The van der Waals surface area contributed by atoms with Crippen LogP contribution < -0.4 is 9.21 Å². The highest BCUT2D eigenvalue weighted by atomic mass is 32.2. The van der Waals surface area contributed by atoms with Crippen molar-refractivity contribution in [1.29, 1.82) is 0 Å². The summed E-state index contributed by atoms with van der Waals surface area (Å²) in [6.45, 7) is 4.82. The average Bonchev–Trinajstić information content (AvgIpc) is 2.75.